The van der Waals surface area contributed by atoms with Crippen LogP contribution >= 0.6 is 22.9 Å². The summed E-state index contributed by atoms with van der Waals surface area (Å²) < 4.78 is 5.40. The van der Waals surface area contributed by atoms with Crippen LogP contribution in [0.4, 0.5) is 11.5 Å². The predicted molar refractivity (Wildman–Crippen MR) is 104 cm³/mol. The van der Waals surface area contributed by atoms with E-state index < -0.39 is 0 Å². The number of benzene rings is 1. The first-order valence-corrected chi connectivity index (χ1v) is 9.60. The molecule has 0 bridgehead atoms. The first-order chi connectivity index (χ1) is 12.3. The van der Waals surface area contributed by atoms with Crippen LogP contribution in [0, 0.1) is 0 Å². The quantitative estimate of drug-likeness (QED) is 0.735. The molecule has 1 fully saturated rings. The summed E-state index contributed by atoms with van der Waals surface area (Å²) in [5.74, 6) is 0.807. The molecule has 25 heavy (non-hydrogen) atoms. The van der Waals surface area contributed by atoms with Crippen LogP contribution in [0.2, 0.25) is 5.02 Å². The molecule has 0 unspecified atom stereocenters. The van der Waals surface area contributed by atoms with Crippen LogP contribution < -0.4 is 10.2 Å². The molecule has 2 aromatic heterocycles. The zero-order chi connectivity index (χ0) is 17.1. The van der Waals surface area contributed by atoms with Gasteiger partial charge in [0, 0.05) is 30.7 Å². The molecular weight excluding hydrogens is 356 g/mol. The van der Waals surface area contributed by atoms with Gasteiger partial charge in [0.1, 0.15) is 17.0 Å². The average molecular weight is 375 g/mol. The zero-order valence-corrected chi connectivity index (χ0v) is 15.3. The van der Waals surface area contributed by atoms with E-state index in [1.165, 1.54) is 22.6 Å². The normalized spacial score (nSPS) is 14.8. The van der Waals surface area contributed by atoms with Gasteiger partial charge < -0.3 is 15.0 Å². The summed E-state index contributed by atoms with van der Waals surface area (Å²) in [6.07, 6.45) is 2.51. The summed E-state index contributed by atoms with van der Waals surface area (Å²) in [6.45, 7) is 4.35. The van der Waals surface area contributed by atoms with E-state index in [2.05, 4.69) is 44.5 Å². The number of halogens is 1. The van der Waals surface area contributed by atoms with Crippen LogP contribution in [0.25, 0.3) is 10.2 Å². The van der Waals surface area contributed by atoms with E-state index in [1.54, 1.807) is 6.33 Å². The second-order valence-electron chi connectivity index (χ2n) is 5.93. The number of hydrogen-bond donors (Lipinski definition) is 1. The molecule has 130 valence electrons. The summed E-state index contributed by atoms with van der Waals surface area (Å²) in [6, 6.07) is 8.78. The molecule has 1 aliphatic heterocycles. The Kier molecular flexibility index (Phi) is 5.01. The highest BCUT2D eigenvalue weighted by atomic mass is 35.5. The lowest BCUT2D eigenvalue weighted by atomic mass is 10.1. The van der Waals surface area contributed by atoms with Crippen molar-refractivity contribution < 1.29 is 4.74 Å². The molecule has 4 rings (SSSR count). The van der Waals surface area contributed by atoms with Crippen molar-refractivity contribution in [3.05, 3.63) is 46.6 Å². The SMILES string of the molecule is Clc1csc2ncnc(NCCc3ccc(N4CCOCC4)cc3)c12. The van der Waals surface area contributed by atoms with Crippen molar-refractivity contribution in [2.24, 2.45) is 0 Å². The topological polar surface area (TPSA) is 50.3 Å². The number of nitrogens with one attached hydrogen (secondary N) is 1. The standard InChI is InChI=1S/C18H19ClN4OS/c19-15-11-25-18-16(15)17(21-12-22-18)20-6-5-13-1-3-14(4-2-13)23-7-9-24-10-8-23/h1-4,11-12H,5-10H2,(H,20,21,22). The Hall–Kier alpha value is -1.89. The first kappa shape index (κ1) is 16.6. The van der Waals surface area contributed by atoms with Gasteiger partial charge in [-0.3, -0.25) is 0 Å². The van der Waals surface area contributed by atoms with E-state index in [9.17, 15) is 0 Å². The second kappa shape index (κ2) is 7.56. The van der Waals surface area contributed by atoms with Crippen molar-refractivity contribution in [2.45, 2.75) is 6.42 Å². The van der Waals surface area contributed by atoms with Gasteiger partial charge in [0.2, 0.25) is 0 Å². The molecule has 0 atom stereocenters. The Bertz CT molecular complexity index is 846. The molecule has 3 aromatic rings. The number of nitrogens with zero attached hydrogens (tertiary/aromatic N) is 3. The van der Waals surface area contributed by atoms with Crippen LogP contribution in [0.1, 0.15) is 5.56 Å². The van der Waals surface area contributed by atoms with Crippen LogP contribution in [-0.4, -0.2) is 42.8 Å². The summed E-state index contributed by atoms with van der Waals surface area (Å²) in [5, 5.41) is 6.90. The van der Waals surface area contributed by atoms with Gasteiger partial charge in [-0.15, -0.1) is 11.3 Å². The number of hydrogen-bond acceptors (Lipinski definition) is 6. The van der Waals surface area contributed by atoms with Crippen molar-refractivity contribution in [3.63, 3.8) is 0 Å². The largest absolute Gasteiger partial charge is 0.378 e. The Balaban J connectivity index is 1.37. The number of fused-ring (bicyclic) bond motifs is 1. The molecule has 1 aliphatic rings. The fraction of sp³-hybridized carbons (Fsp3) is 0.333. The summed E-state index contributed by atoms with van der Waals surface area (Å²) in [4.78, 5) is 11.9. The average Bonchev–Trinajstić information content (AvgIpc) is 3.05. The molecule has 5 nitrogen and oxygen atoms in total. The maximum absolute atomic E-state index is 6.24. The third kappa shape index (κ3) is 3.71. The van der Waals surface area contributed by atoms with E-state index in [0.29, 0.717) is 5.02 Å². The molecular formula is C18H19ClN4OS. The highest BCUT2D eigenvalue weighted by Crippen LogP contribution is 2.32. The maximum atomic E-state index is 6.24. The number of aromatic nitrogens is 2. The zero-order valence-electron chi connectivity index (χ0n) is 13.7. The van der Waals surface area contributed by atoms with Gasteiger partial charge in [0.05, 0.1) is 23.6 Å². The number of morpholine rings is 1. The van der Waals surface area contributed by atoms with E-state index in [0.717, 1.165) is 55.3 Å². The fourth-order valence-corrected chi connectivity index (χ4v) is 4.13. The minimum Gasteiger partial charge on any atom is -0.378 e. The molecule has 0 amide bonds. The highest BCUT2D eigenvalue weighted by Gasteiger charge is 2.11. The fourth-order valence-electron chi connectivity index (χ4n) is 2.99. The van der Waals surface area contributed by atoms with Crippen molar-refractivity contribution in [1.29, 1.82) is 0 Å². The first-order valence-electron chi connectivity index (χ1n) is 8.34. The molecule has 0 radical (unpaired) electrons. The predicted octanol–water partition coefficient (Wildman–Crippen LogP) is 3.84. The monoisotopic (exact) mass is 374 g/mol. The summed E-state index contributed by atoms with van der Waals surface area (Å²) >= 11 is 7.78. The van der Waals surface area contributed by atoms with E-state index >= 15 is 0 Å². The molecule has 1 saturated heterocycles. The molecule has 1 aromatic carbocycles. The number of ether oxygens (including phenoxy) is 1. The van der Waals surface area contributed by atoms with Gasteiger partial charge in [0.25, 0.3) is 0 Å². The molecule has 0 saturated carbocycles. The molecule has 0 aliphatic carbocycles. The second-order valence-corrected chi connectivity index (χ2v) is 7.19. The molecule has 1 N–H and O–H groups in total. The lowest BCUT2D eigenvalue weighted by molar-refractivity contribution is 0.122. The van der Waals surface area contributed by atoms with E-state index in [-0.39, 0.29) is 0 Å². The number of thiophene rings is 1. The summed E-state index contributed by atoms with van der Waals surface area (Å²) in [5.41, 5.74) is 2.56. The van der Waals surface area contributed by atoms with Crippen LogP contribution in [0.3, 0.4) is 0 Å². The van der Waals surface area contributed by atoms with Gasteiger partial charge in [-0.25, -0.2) is 9.97 Å². The maximum Gasteiger partial charge on any atom is 0.139 e. The molecule has 7 heteroatoms. The van der Waals surface area contributed by atoms with Gasteiger partial charge in [-0.05, 0) is 24.1 Å². The van der Waals surface area contributed by atoms with Gasteiger partial charge >= 0.3 is 0 Å². The Morgan fingerprint density at radius 3 is 2.76 bits per heavy atom. The Morgan fingerprint density at radius 2 is 1.96 bits per heavy atom. The molecule has 3 heterocycles. The van der Waals surface area contributed by atoms with Crippen LogP contribution in [0.15, 0.2) is 36.0 Å². The number of anilines is 2. The van der Waals surface area contributed by atoms with Crippen LogP contribution in [0.5, 0.6) is 0 Å². The third-order valence-electron chi connectivity index (χ3n) is 4.34. The van der Waals surface area contributed by atoms with Crippen molar-refractivity contribution in [3.8, 4) is 0 Å². The van der Waals surface area contributed by atoms with E-state index in [1.807, 2.05) is 5.38 Å². The van der Waals surface area contributed by atoms with Crippen molar-refractivity contribution in [1.82, 2.24) is 9.97 Å². The number of rotatable bonds is 5. The van der Waals surface area contributed by atoms with Crippen molar-refractivity contribution in [2.75, 3.05) is 43.1 Å². The van der Waals surface area contributed by atoms with Gasteiger partial charge in [-0.2, -0.15) is 0 Å². The smallest absolute Gasteiger partial charge is 0.139 e. The Morgan fingerprint density at radius 1 is 1.16 bits per heavy atom. The third-order valence-corrected chi connectivity index (χ3v) is 5.66. The van der Waals surface area contributed by atoms with Gasteiger partial charge in [0.15, 0.2) is 0 Å². The highest BCUT2D eigenvalue weighted by molar-refractivity contribution is 7.17. The van der Waals surface area contributed by atoms with Gasteiger partial charge in [-0.1, -0.05) is 23.7 Å². The van der Waals surface area contributed by atoms with Crippen molar-refractivity contribution >= 4 is 44.7 Å². The summed E-state index contributed by atoms with van der Waals surface area (Å²) in [7, 11) is 0. The van der Waals surface area contributed by atoms with Crippen LogP contribution in [-0.2, 0) is 11.2 Å². The molecule has 0 spiro atoms. The lowest BCUT2D eigenvalue weighted by Crippen LogP contribution is -2.36. The lowest BCUT2D eigenvalue weighted by Gasteiger charge is -2.28. The minimum atomic E-state index is 0.706. The minimum absolute atomic E-state index is 0.706. The Labute approximate surface area is 155 Å². The van der Waals surface area contributed by atoms with E-state index in [4.69, 9.17) is 16.3 Å².